The Kier molecular flexibility index (Phi) is 3.04. The molecule has 0 aromatic rings. The minimum Gasteiger partial charge on any atom is -0.0654 e. The SMILES string of the molecule is CCCCC1=CC2=CC=C3C=CC(C)=C4C=CC(=C1)C2(C)C34. The summed E-state index contributed by atoms with van der Waals surface area (Å²) < 4.78 is 0. The monoisotopic (exact) mass is 288 g/mol. The topological polar surface area (TPSA) is 0 Å². The normalized spacial score (nSPS) is 31.3. The lowest BCUT2D eigenvalue weighted by atomic mass is 9.54. The summed E-state index contributed by atoms with van der Waals surface area (Å²) in [6.07, 6.45) is 22.6. The molecule has 0 bridgehead atoms. The number of rotatable bonds is 3. The molecule has 0 aliphatic heterocycles. The van der Waals surface area contributed by atoms with Gasteiger partial charge in [-0.2, -0.15) is 0 Å². The zero-order chi connectivity index (χ0) is 15.3. The lowest BCUT2D eigenvalue weighted by Gasteiger charge is -2.49. The van der Waals surface area contributed by atoms with Crippen LogP contribution >= 0.6 is 0 Å². The summed E-state index contributed by atoms with van der Waals surface area (Å²) in [5.41, 5.74) is 9.00. The van der Waals surface area contributed by atoms with Crippen LogP contribution in [0.1, 0.15) is 40.0 Å². The summed E-state index contributed by atoms with van der Waals surface area (Å²) in [6.45, 7) is 6.95. The predicted molar refractivity (Wildman–Crippen MR) is 94.4 cm³/mol. The van der Waals surface area contributed by atoms with Gasteiger partial charge in [-0.3, -0.25) is 0 Å². The molecule has 0 radical (unpaired) electrons. The molecule has 4 rings (SSSR count). The standard InChI is InChI=1S/C22H24/c1-4-5-6-16-13-18-10-9-17-8-7-15(2)20-12-11-19(14-16)22(18,3)21(17)20/h7-14,21H,4-6H2,1-3H3. The minimum atomic E-state index is 0.121. The van der Waals surface area contributed by atoms with Gasteiger partial charge >= 0.3 is 0 Å². The van der Waals surface area contributed by atoms with Gasteiger partial charge < -0.3 is 0 Å². The van der Waals surface area contributed by atoms with Crippen molar-refractivity contribution in [1.29, 1.82) is 0 Å². The maximum atomic E-state index is 2.46. The molecular weight excluding hydrogens is 264 g/mol. The van der Waals surface area contributed by atoms with Crippen molar-refractivity contribution in [3.63, 3.8) is 0 Å². The first-order valence-corrected chi connectivity index (χ1v) is 8.56. The number of unbranched alkanes of at least 4 members (excludes halogenated alkanes) is 1. The average molecular weight is 288 g/mol. The Balaban J connectivity index is 1.89. The molecule has 0 spiro atoms. The molecule has 2 atom stereocenters. The molecule has 22 heavy (non-hydrogen) atoms. The van der Waals surface area contributed by atoms with Crippen molar-refractivity contribution in [3.8, 4) is 0 Å². The molecule has 4 aliphatic rings. The van der Waals surface area contributed by atoms with Crippen LogP contribution in [0.25, 0.3) is 0 Å². The van der Waals surface area contributed by atoms with Crippen molar-refractivity contribution in [2.75, 3.05) is 0 Å². The first kappa shape index (κ1) is 13.8. The van der Waals surface area contributed by atoms with Crippen LogP contribution in [0.2, 0.25) is 0 Å². The predicted octanol–water partition coefficient (Wildman–Crippen LogP) is 5.99. The van der Waals surface area contributed by atoms with Gasteiger partial charge in [0, 0.05) is 11.3 Å². The van der Waals surface area contributed by atoms with Crippen molar-refractivity contribution in [2.24, 2.45) is 11.3 Å². The van der Waals surface area contributed by atoms with E-state index in [9.17, 15) is 0 Å². The first-order valence-electron chi connectivity index (χ1n) is 8.56. The molecule has 0 saturated carbocycles. The van der Waals surface area contributed by atoms with Crippen LogP contribution < -0.4 is 0 Å². The Morgan fingerprint density at radius 2 is 1.86 bits per heavy atom. The highest BCUT2D eigenvalue weighted by Crippen LogP contribution is 2.58. The molecule has 0 heteroatoms. The van der Waals surface area contributed by atoms with Gasteiger partial charge in [0.2, 0.25) is 0 Å². The highest BCUT2D eigenvalue weighted by atomic mass is 14.5. The van der Waals surface area contributed by atoms with Gasteiger partial charge in [0.25, 0.3) is 0 Å². The highest BCUT2D eigenvalue weighted by Gasteiger charge is 2.47. The van der Waals surface area contributed by atoms with Gasteiger partial charge in [-0.25, -0.2) is 0 Å². The van der Waals surface area contributed by atoms with Crippen LogP contribution in [0.5, 0.6) is 0 Å². The molecule has 2 unspecified atom stereocenters. The van der Waals surface area contributed by atoms with E-state index in [0.29, 0.717) is 5.92 Å². The third kappa shape index (κ3) is 1.76. The van der Waals surface area contributed by atoms with Gasteiger partial charge in [-0.1, -0.05) is 68.9 Å². The second kappa shape index (κ2) is 4.84. The van der Waals surface area contributed by atoms with E-state index in [1.165, 1.54) is 52.7 Å². The Morgan fingerprint density at radius 3 is 2.68 bits per heavy atom. The summed E-state index contributed by atoms with van der Waals surface area (Å²) in [5, 5.41) is 0. The molecule has 4 aliphatic carbocycles. The van der Waals surface area contributed by atoms with E-state index in [1.54, 1.807) is 0 Å². The third-order valence-electron chi connectivity index (χ3n) is 5.80. The molecule has 0 aromatic heterocycles. The zero-order valence-corrected chi connectivity index (χ0v) is 13.8. The Bertz CT molecular complexity index is 743. The number of allylic oxidation sites excluding steroid dienone is 14. The second-order valence-electron chi connectivity index (χ2n) is 7.15. The fraction of sp³-hybridized carbons (Fsp3) is 0.364. The first-order chi connectivity index (χ1) is 10.6. The number of hydrogen-bond donors (Lipinski definition) is 0. The van der Waals surface area contributed by atoms with Crippen LogP contribution in [-0.2, 0) is 0 Å². The van der Waals surface area contributed by atoms with Crippen LogP contribution in [-0.4, -0.2) is 0 Å². The molecular formula is C22H24. The van der Waals surface area contributed by atoms with Crippen LogP contribution in [0, 0.1) is 11.3 Å². The van der Waals surface area contributed by atoms with Gasteiger partial charge in [0.05, 0.1) is 0 Å². The Hall–Kier alpha value is -1.82. The quantitative estimate of drug-likeness (QED) is 0.598. The smallest absolute Gasteiger partial charge is 0.0284 e. The summed E-state index contributed by atoms with van der Waals surface area (Å²) in [4.78, 5) is 0. The van der Waals surface area contributed by atoms with Gasteiger partial charge in [-0.05, 0) is 53.2 Å². The lowest BCUT2D eigenvalue weighted by Crippen LogP contribution is -2.39. The molecule has 0 aromatic carbocycles. The van der Waals surface area contributed by atoms with E-state index in [2.05, 4.69) is 69.4 Å². The summed E-state index contributed by atoms with van der Waals surface area (Å²) in [7, 11) is 0. The van der Waals surface area contributed by atoms with E-state index in [1.807, 2.05) is 0 Å². The highest BCUT2D eigenvalue weighted by molar-refractivity contribution is 5.65. The fourth-order valence-corrected chi connectivity index (χ4v) is 4.42. The third-order valence-corrected chi connectivity index (χ3v) is 5.80. The van der Waals surface area contributed by atoms with Crippen molar-refractivity contribution >= 4 is 0 Å². The van der Waals surface area contributed by atoms with Crippen molar-refractivity contribution in [1.82, 2.24) is 0 Å². The van der Waals surface area contributed by atoms with Crippen LogP contribution in [0.15, 0.2) is 82.0 Å². The zero-order valence-electron chi connectivity index (χ0n) is 13.8. The molecule has 0 fully saturated rings. The maximum Gasteiger partial charge on any atom is 0.0284 e. The van der Waals surface area contributed by atoms with E-state index in [0.717, 1.165) is 0 Å². The van der Waals surface area contributed by atoms with E-state index in [-0.39, 0.29) is 5.41 Å². The molecule has 0 nitrogen and oxygen atoms in total. The molecule has 0 amide bonds. The summed E-state index contributed by atoms with van der Waals surface area (Å²) >= 11 is 0. The number of hydrogen-bond acceptors (Lipinski definition) is 0. The van der Waals surface area contributed by atoms with Gasteiger partial charge in [0.15, 0.2) is 0 Å². The second-order valence-corrected chi connectivity index (χ2v) is 7.15. The van der Waals surface area contributed by atoms with E-state index in [4.69, 9.17) is 0 Å². The maximum absolute atomic E-state index is 2.46. The van der Waals surface area contributed by atoms with Gasteiger partial charge in [0.1, 0.15) is 0 Å². The average Bonchev–Trinajstić information content (AvgIpc) is 2.52. The molecule has 0 N–H and O–H groups in total. The van der Waals surface area contributed by atoms with Crippen molar-refractivity contribution < 1.29 is 0 Å². The Labute approximate surface area is 134 Å². The summed E-state index contributed by atoms with van der Waals surface area (Å²) in [5.74, 6) is 0.498. The Morgan fingerprint density at radius 1 is 1.00 bits per heavy atom. The molecule has 112 valence electrons. The van der Waals surface area contributed by atoms with E-state index >= 15 is 0 Å². The van der Waals surface area contributed by atoms with Crippen molar-refractivity contribution in [3.05, 3.63) is 82.0 Å². The minimum absolute atomic E-state index is 0.121. The summed E-state index contributed by atoms with van der Waals surface area (Å²) in [6, 6.07) is 0. The van der Waals surface area contributed by atoms with Crippen LogP contribution in [0.4, 0.5) is 0 Å². The molecule has 0 heterocycles. The largest absolute Gasteiger partial charge is 0.0654 e. The van der Waals surface area contributed by atoms with Gasteiger partial charge in [-0.15, -0.1) is 0 Å². The lowest BCUT2D eigenvalue weighted by molar-refractivity contribution is 0.378. The van der Waals surface area contributed by atoms with E-state index < -0.39 is 0 Å². The van der Waals surface area contributed by atoms with Crippen molar-refractivity contribution in [2.45, 2.75) is 40.0 Å². The van der Waals surface area contributed by atoms with Crippen LogP contribution in [0.3, 0.4) is 0 Å². The molecule has 0 saturated heterocycles. The fourth-order valence-electron chi connectivity index (χ4n) is 4.42.